The van der Waals surface area contributed by atoms with Crippen LogP contribution in [0.2, 0.25) is 0 Å². The topological polar surface area (TPSA) is 50.4 Å². The maximum atomic E-state index is 6.06. The van der Waals surface area contributed by atoms with Gasteiger partial charge >= 0.3 is 0 Å². The zero-order valence-electron chi connectivity index (χ0n) is 10.7. The lowest BCUT2D eigenvalue weighted by molar-refractivity contribution is 0.526. The molecule has 0 atom stereocenters. The summed E-state index contributed by atoms with van der Waals surface area (Å²) in [5.41, 5.74) is 9.31. The summed E-state index contributed by atoms with van der Waals surface area (Å²) in [6.07, 6.45) is 10.5. The van der Waals surface area contributed by atoms with Gasteiger partial charge in [-0.05, 0) is 32.8 Å². The van der Waals surface area contributed by atoms with Crippen LogP contribution in [-0.4, -0.2) is 24.3 Å². The molecule has 1 heterocycles. The predicted molar refractivity (Wildman–Crippen MR) is 73.1 cm³/mol. The molecule has 0 saturated heterocycles. The first-order valence-electron chi connectivity index (χ1n) is 6.24. The molecule has 3 heteroatoms. The molecule has 0 aromatic rings. The Morgan fingerprint density at radius 2 is 2.00 bits per heavy atom. The molecule has 0 aromatic carbocycles. The van der Waals surface area contributed by atoms with Crippen LogP contribution in [0, 0.1) is 0 Å². The molecule has 92 valence electrons. The fraction of sp³-hybridized carbons (Fsp3) is 0.500. The molecule has 1 fully saturated rings. The second kappa shape index (κ2) is 4.88. The van der Waals surface area contributed by atoms with Gasteiger partial charge < -0.3 is 11.1 Å². The lowest BCUT2D eigenvalue weighted by Crippen LogP contribution is -2.43. The van der Waals surface area contributed by atoms with Gasteiger partial charge in [-0.1, -0.05) is 18.2 Å². The first kappa shape index (κ1) is 12.1. The Bertz CT molecular complexity index is 409. The van der Waals surface area contributed by atoms with Crippen LogP contribution in [0.4, 0.5) is 0 Å². The summed E-state index contributed by atoms with van der Waals surface area (Å²) in [6, 6.07) is 0. The summed E-state index contributed by atoms with van der Waals surface area (Å²) >= 11 is 0. The lowest BCUT2D eigenvalue weighted by atomic mass is 10.0. The molecule has 3 nitrogen and oxygen atoms in total. The van der Waals surface area contributed by atoms with Crippen molar-refractivity contribution in [3.63, 3.8) is 0 Å². The van der Waals surface area contributed by atoms with Crippen molar-refractivity contribution in [1.82, 2.24) is 5.32 Å². The highest BCUT2D eigenvalue weighted by atomic mass is 15.1. The van der Waals surface area contributed by atoms with Crippen molar-refractivity contribution in [1.29, 1.82) is 0 Å². The van der Waals surface area contributed by atoms with Crippen molar-refractivity contribution in [3.8, 4) is 0 Å². The second-order valence-corrected chi connectivity index (χ2v) is 4.77. The number of hydrogen-bond donors (Lipinski definition) is 2. The Kier molecular flexibility index (Phi) is 3.48. The quantitative estimate of drug-likeness (QED) is 0.729. The summed E-state index contributed by atoms with van der Waals surface area (Å²) in [4.78, 5) is 4.70. The van der Waals surface area contributed by atoms with Crippen LogP contribution in [-0.2, 0) is 0 Å². The number of rotatable bonds is 3. The summed E-state index contributed by atoms with van der Waals surface area (Å²) in [5, 5.41) is 3.58. The number of hydrogen-bond acceptors (Lipinski definition) is 3. The van der Waals surface area contributed by atoms with Crippen LogP contribution in [0.15, 0.2) is 40.6 Å². The molecule has 0 radical (unpaired) electrons. The van der Waals surface area contributed by atoms with Crippen LogP contribution in [0.25, 0.3) is 0 Å². The van der Waals surface area contributed by atoms with Crippen LogP contribution in [0.5, 0.6) is 0 Å². The molecule has 2 rings (SSSR count). The van der Waals surface area contributed by atoms with E-state index in [1.165, 1.54) is 12.8 Å². The highest BCUT2D eigenvalue weighted by Crippen LogP contribution is 2.37. The van der Waals surface area contributed by atoms with E-state index in [0.29, 0.717) is 5.54 Å². The van der Waals surface area contributed by atoms with E-state index in [4.69, 9.17) is 10.7 Å². The zero-order valence-corrected chi connectivity index (χ0v) is 10.7. The minimum Gasteiger partial charge on any atom is -0.398 e. The Hall–Kier alpha value is -1.35. The molecule has 0 aromatic heterocycles. The molecule has 0 unspecified atom stereocenters. The van der Waals surface area contributed by atoms with Crippen molar-refractivity contribution in [2.24, 2.45) is 10.7 Å². The van der Waals surface area contributed by atoms with Crippen molar-refractivity contribution >= 4 is 5.71 Å². The van der Waals surface area contributed by atoms with Crippen LogP contribution in [0.1, 0.15) is 26.7 Å². The molecule has 1 aliphatic carbocycles. The second-order valence-electron chi connectivity index (χ2n) is 4.77. The van der Waals surface area contributed by atoms with Crippen molar-refractivity contribution in [2.45, 2.75) is 32.2 Å². The SMILES string of the molecule is C\C=C/C(N)=C(/C=C/C)C1=NCC2(CC2)NC1. The minimum atomic E-state index is 0.333. The zero-order chi connectivity index (χ0) is 12.3. The first-order valence-corrected chi connectivity index (χ1v) is 6.24. The van der Waals surface area contributed by atoms with Gasteiger partial charge in [0.15, 0.2) is 0 Å². The van der Waals surface area contributed by atoms with Gasteiger partial charge in [-0.15, -0.1) is 0 Å². The van der Waals surface area contributed by atoms with Crippen LogP contribution < -0.4 is 11.1 Å². The highest BCUT2D eigenvalue weighted by Gasteiger charge is 2.43. The van der Waals surface area contributed by atoms with E-state index in [9.17, 15) is 0 Å². The van der Waals surface area contributed by atoms with Crippen molar-refractivity contribution < 1.29 is 0 Å². The normalized spacial score (nSPS) is 24.2. The Labute approximate surface area is 103 Å². The fourth-order valence-electron chi connectivity index (χ4n) is 2.09. The summed E-state index contributed by atoms with van der Waals surface area (Å²) in [5.74, 6) is 0. The van der Waals surface area contributed by atoms with E-state index in [-0.39, 0.29) is 0 Å². The molecule has 2 aliphatic rings. The van der Waals surface area contributed by atoms with E-state index in [2.05, 4.69) is 5.32 Å². The van der Waals surface area contributed by atoms with E-state index in [1.54, 1.807) is 0 Å². The number of nitrogens with two attached hydrogens (primary N) is 1. The number of nitrogens with one attached hydrogen (secondary N) is 1. The van der Waals surface area contributed by atoms with E-state index in [1.807, 2.05) is 38.2 Å². The largest absolute Gasteiger partial charge is 0.398 e. The smallest absolute Gasteiger partial charge is 0.0580 e. The van der Waals surface area contributed by atoms with Gasteiger partial charge in [-0.3, -0.25) is 4.99 Å². The summed E-state index contributed by atoms with van der Waals surface area (Å²) < 4.78 is 0. The van der Waals surface area contributed by atoms with Gasteiger partial charge in [-0.25, -0.2) is 0 Å². The third-order valence-electron chi connectivity index (χ3n) is 3.36. The first-order chi connectivity index (χ1) is 8.21. The van der Waals surface area contributed by atoms with Gasteiger partial charge in [0.1, 0.15) is 0 Å². The maximum Gasteiger partial charge on any atom is 0.0580 e. The van der Waals surface area contributed by atoms with E-state index >= 15 is 0 Å². The molecule has 1 spiro atoms. The van der Waals surface area contributed by atoms with Gasteiger partial charge in [0.25, 0.3) is 0 Å². The van der Waals surface area contributed by atoms with E-state index in [0.717, 1.165) is 30.1 Å². The number of nitrogens with zero attached hydrogens (tertiary/aromatic N) is 1. The molecule has 0 bridgehead atoms. The van der Waals surface area contributed by atoms with Crippen molar-refractivity contribution in [2.75, 3.05) is 13.1 Å². The summed E-state index contributed by atoms with van der Waals surface area (Å²) in [6.45, 7) is 5.70. The Morgan fingerprint density at radius 1 is 1.29 bits per heavy atom. The predicted octanol–water partition coefficient (Wildman–Crippen LogP) is 1.93. The number of aliphatic imine (C=N–C) groups is 1. The van der Waals surface area contributed by atoms with Crippen molar-refractivity contribution in [3.05, 3.63) is 35.6 Å². The molecular weight excluding hydrogens is 210 g/mol. The maximum absolute atomic E-state index is 6.06. The number of allylic oxidation sites excluding steroid dienone is 4. The Balaban J connectivity index is 2.22. The molecular formula is C14H21N3. The third kappa shape index (κ3) is 2.67. The monoisotopic (exact) mass is 231 g/mol. The minimum absolute atomic E-state index is 0.333. The van der Waals surface area contributed by atoms with Gasteiger partial charge in [0.05, 0.1) is 12.3 Å². The average molecular weight is 231 g/mol. The van der Waals surface area contributed by atoms with E-state index < -0.39 is 0 Å². The summed E-state index contributed by atoms with van der Waals surface area (Å²) in [7, 11) is 0. The molecule has 3 N–H and O–H groups in total. The average Bonchev–Trinajstić information content (AvgIpc) is 3.08. The third-order valence-corrected chi connectivity index (χ3v) is 3.36. The molecule has 0 amide bonds. The standard InChI is InChI=1S/C14H21N3/c1-3-5-11(12(15)6-4-2)13-9-17-14(7-8-14)10-16-13/h3-6,17H,7-10,15H2,1-2H3/b5-3+,6-4-,12-11+. The lowest BCUT2D eigenvalue weighted by Gasteiger charge is -2.23. The molecule has 1 aliphatic heterocycles. The van der Waals surface area contributed by atoms with Gasteiger partial charge in [0.2, 0.25) is 0 Å². The molecule has 17 heavy (non-hydrogen) atoms. The van der Waals surface area contributed by atoms with Gasteiger partial charge in [0, 0.05) is 23.4 Å². The Morgan fingerprint density at radius 3 is 2.47 bits per heavy atom. The van der Waals surface area contributed by atoms with Gasteiger partial charge in [-0.2, -0.15) is 0 Å². The highest BCUT2D eigenvalue weighted by molar-refractivity contribution is 6.05. The molecule has 1 saturated carbocycles. The van der Waals surface area contributed by atoms with Crippen LogP contribution in [0.3, 0.4) is 0 Å². The fourth-order valence-corrected chi connectivity index (χ4v) is 2.09. The van der Waals surface area contributed by atoms with Crippen LogP contribution >= 0.6 is 0 Å².